The first-order valence-electron chi connectivity index (χ1n) is 4.24. The van der Waals surface area contributed by atoms with E-state index >= 15 is 0 Å². The molecule has 76 valence electrons. The van der Waals surface area contributed by atoms with Crippen LogP contribution >= 0.6 is 22.6 Å². The Hall–Kier alpha value is -0.620. The summed E-state index contributed by atoms with van der Waals surface area (Å²) in [4.78, 5) is 10.3. The van der Waals surface area contributed by atoms with Gasteiger partial charge in [0.1, 0.15) is 11.9 Å². The lowest BCUT2D eigenvalue weighted by molar-refractivity contribution is -0.115. The van der Waals surface area contributed by atoms with Crippen LogP contribution in [0.15, 0.2) is 18.2 Å². The highest BCUT2D eigenvalue weighted by molar-refractivity contribution is 14.1. The molecule has 0 saturated heterocycles. The van der Waals surface area contributed by atoms with Gasteiger partial charge in [0, 0.05) is 0 Å². The molecule has 0 amide bonds. The molecule has 1 N–H and O–H groups in total. The molecule has 0 spiro atoms. The van der Waals surface area contributed by atoms with Crippen molar-refractivity contribution in [3.63, 3.8) is 0 Å². The van der Waals surface area contributed by atoms with Crippen LogP contribution in [0.25, 0.3) is 0 Å². The molecule has 1 aromatic carbocycles. The lowest BCUT2D eigenvalue weighted by atomic mass is 10.1. The lowest BCUT2D eigenvalue weighted by Crippen LogP contribution is -2.00. The number of rotatable bonds is 4. The molecule has 0 fully saturated rings. The molecule has 1 aromatic rings. The fraction of sp³-hybridized carbons (Fsp3) is 0.300. The van der Waals surface area contributed by atoms with Gasteiger partial charge in [0.15, 0.2) is 6.29 Å². The second-order valence-electron chi connectivity index (χ2n) is 2.70. The van der Waals surface area contributed by atoms with E-state index in [1.54, 1.807) is 18.2 Å². The van der Waals surface area contributed by atoms with Gasteiger partial charge in [-0.25, -0.2) is 0 Å². The zero-order chi connectivity index (χ0) is 10.6. The molecule has 0 radical (unpaired) electrons. The molecule has 14 heavy (non-hydrogen) atoms. The fourth-order valence-electron chi connectivity index (χ4n) is 1.05. The molecular formula is C10H11IO3. The van der Waals surface area contributed by atoms with Crippen molar-refractivity contribution in [2.24, 2.45) is 0 Å². The van der Waals surface area contributed by atoms with Crippen LogP contribution in [0.3, 0.4) is 0 Å². The summed E-state index contributed by atoms with van der Waals surface area (Å²) in [7, 11) is 0. The predicted octanol–water partition coefficient (Wildman–Crippen LogP) is 1.92. The van der Waals surface area contributed by atoms with Crippen molar-refractivity contribution in [3.8, 4) is 5.75 Å². The summed E-state index contributed by atoms with van der Waals surface area (Å²) in [5, 5.41) is 9.26. The van der Waals surface area contributed by atoms with E-state index in [2.05, 4.69) is 22.6 Å². The molecule has 1 atom stereocenters. The van der Waals surface area contributed by atoms with Crippen LogP contribution in [0.1, 0.15) is 18.6 Å². The van der Waals surface area contributed by atoms with E-state index in [4.69, 9.17) is 4.74 Å². The van der Waals surface area contributed by atoms with Gasteiger partial charge >= 0.3 is 0 Å². The highest BCUT2D eigenvalue weighted by Crippen LogP contribution is 2.24. The molecule has 0 bridgehead atoms. The van der Waals surface area contributed by atoms with E-state index in [1.165, 1.54) is 0 Å². The molecule has 0 aromatic heterocycles. The lowest BCUT2D eigenvalue weighted by Gasteiger charge is -2.08. The molecule has 1 rings (SSSR count). The summed E-state index contributed by atoms with van der Waals surface area (Å²) < 4.78 is 6.22. The third-order valence-electron chi connectivity index (χ3n) is 1.73. The molecule has 0 aliphatic heterocycles. The van der Waals surface area contributed by atoms with Crippen molar-refractivity contribution in [1.29, 1.82) is 0 Å². The summed E-state index contributed by atoms with van der Waals surface area (Å²) in [6.45, 7) is 2.51. The minimum atomic E-state index is -1.04. The first kappa shape index (κ1) is 11.5. The first-order valence-corrected chi connectivity index (χ1v) is 5.32. The van der Waals surface area contributed by atoms with Crippen molar-refractivity contribution in [2.75, 3.05) is 6.61 Å². The molecular weight excluding hydrogens is 295 g/mol. The monoisotopic (exact) mass is 306 g/mol. The number of aliphatic hydroxyl groups excluding tert-OH is 1. The zero-order valence-corrected chi connectivity index (χ0v) is 9.89. The standard InChI is InChI=1S/C10H11IO3/c1-2-14-10-4-3-7(5-8(10)11)9(13)6-12/h3-6,9,13H,2H2,1H3. The van der Waals surface area contributed by atoms with E-state index in [-0.39, 0.29) is 0 Å². The normalized spacial score (nSPS) is 12.2. The van der Waals surface area contributed by atoms with Gasteiger partial charge in [-0.3, -0.25) is 0 Å². The molecule has 3 nitrogen and oxygen atoms in total. The van der Waals surface area contributed by atoms with Crippen molar-refractivity contribution in [2.45, 2.75) is 13.0 Å². The number of carbonyl (C=O) groups is 1. The Labute approximate surface area is 96.2 Å². The number of aldehydes is 1. The molecule has 4 heteroatoms. The van der Waals surface area contributed by atoms with Gasteiger partial charge in [-0.2, -0.15) is 0 Å². The van der Waals surface area contributed by atoms with Crippen LogP contribution in [0.5, 0.6) is 5.75 Å². The van der Waals surface area contributed by atoms with Crippen LogP contribution in [0.4, 0.5) is 0 Å². The Morgan fingerprint density at radius 2 is 2.36 bits per heavy atom. The average molecular weight is 306 g/mol. The Bertz CT molecular complexity index is 325. The minimum absolute atomic E-state index is 0.506. The number of ether oxygens (including phenoxy) is 1. The van der Waals surface area contributed by atoms with Gasteiger partial charge in [0.2, 0.25) is 0 Å². The topological polar surface area (TPSA) is 46.5 Å². The summed E-state index contributed by atoms with van der Waals surface area (Å²) >= 11 is 2.11. The van der Waals surface area contributed by atoms with E-state index in [1.807, 2.05) is 6.92 Å². The Kier molecular flexibility index (Phi) is 4.34. The van der Waals surface area contributed by atoms with Gasteiger partial charge in [-0.05, 0) is 47.2 Å². The maximum absolute atomic E-state index is 10.3. The maximum atomic E-state index is 10.3. The second-order valence-corrected chi connectivity index (χ2v) is 3.87. The Morgan fingerprint density at radius 1 is 1.64 bits per heavy atom. The third kappa shape index (κ3) is 2.68. The third-order valence-corrected chi connectivity index (χ3v) is 2.57. The highest BCUT2D eigenvalue weighted by Gasteiger charge is 2.08. The fourth-order valence-corrected chi connectivity index (χ4v) is 1.75. The number of carbonyl (C=O) groups excluding carboxylic acids is 1. The number of hydrogen-bond acceptors (Lipinski definition) is 3. The maximum Gasteiger partial charge on any atom is 0.153 e. The Balaban J connectivity index is 2.93. The van der Waals surface area contributed by atoms with Crippen LogP contribution in [0.2, 0.25) is 0 Å². The second kappa shape index (κ2) is 5.31. The molecule has 0 heterocycles. The molecule has 0 aliphatic carbocycles. The highest BCUT2D eigenvalue weighted by atomic mass is 127. The van der Waals surface area contributed by atoms with Crippen molar-refractivity contribution in [3.05, 3.63) is 27.3 Å². The van der Waals surface area contributed by atoms with Gasteiger partial charge in [0.05, 0.1) is 10.2 Å². The van der Waals surface area contributed by atoms with Crippen molar-refractivity contribution in [1.82, 2.24) is 0 Å². The predicted molar refractivity (Wildman–Crippen MR) is 61.4 cm³/mol. The summed E-state index contributed by atoms with van der Waals surface area (Å²) in [5.41, 5.74) is 0.591. The SMILES string of the molecule is CCOc1ccc(C(O)C=O)cc1I. The van der Waals surface area contributed by atoms with E-state index < -0.39 is 6.10 Å². The number of hydrogen-bond donors (Lipinski definition) is 1. The summed E-state index contributed by atoms with van der Waals surface area (Å²) in [5.74, 6) is 0.773. The molecule has 0 saturated carbocycles. The number of aliphatic hydroxyl groups is 1. The number of halogens is 1. The van der Waals surface area contributed by atoms with Crippen LogP contribution in [-0.4, -0.2) is 18.0 Å². The quantitative estimate of drug-likeness (QED) is 0.683. The summed E-state index contributed by atoms with van der Waals surface area (Å²) in [6, 6.07) is 5.18. The number of benzene rings is 1. The minimum Gasteiger partial charge on any atom is -0.493 e. The molecule has 0 aliphatic rings. The van der Waals surface area contributed by atoms with Crippen molar-refractivity contribution >= 4 is 28.9 Å². The smallest absolute Gasteiger partial charge is 0.153 e. The van der Waals surface area contributed by atoms with Crippen LogP contribution in [0, 0.1) is 3.57 Å². The Morgan fingerprint density at radius 3 is 2.86 bits per heavy atom. The van der Waals surface area contributed by atoms with Gasteiger partial charge in [-0.15, -0.1) is 0 Å². The van der Waals surface area contributed by atoms with Gasteiger partial charge < -0.3 is 14.6 Å². The molecule has 1 unspecified atom stereocenters. The first-order chi connectivity index (χ1) is 6.69. The largest absolute Gasteiger partial charge is 0.493 e. The van der Waals surface area contributed by atoms with Crippen molar-refractivity contribution < 1.29 is 14.6 Å². The van der Waals surface area contributed by atoms with E-state index in [9.17, 15) is 9.90 Å². The summed E-state index contributed by atoms with van der Waals surface area (Å²) in [6.07, 6.45) is -0.537. The van der Waals surface area contributed by atoms with Gasteiger partial charge in [0.25, 0.3) is 0 Å². The zero-order valence-electron chi connectivity index (χ0n) is 7.74. The van der Waals surface area contributed by atoms with E-state index in [0.717, 1.165) is 9.32 Å². The van der Waals surface area contributed by atoms with Crippen LogP contribution in [-0.2, 0) is 4.79 Å². The average Bonchev–Trinajstić information content (AvgIpc) is 2.20. The van der Waals surface area contributed by atoms with Crippen LogP contribution < -0.4 is 4.74 Å². The van der Waals surface area contributed by atoms with Gasteiger partial charge in [-0.1, -0.05) is 6.07 Å². The van der Waals surface area contributed by atoms with E-state index in [0.29, 0.717) is 18.5 Å².